The van der Waals surface area contributed by atoms with Gasteiger partial charge >= 0.3 is 0 Å². The standard InChI is InChI=1S/C27H32N/c1-19-10-8-9-13-24(19)23-15-14-20(2)26(16-23)27-17-25(21(3)18-28(27)4)22-11-6-5-7-12-22/h8-10,13-18,22H,5-7,11-12H2,1-4H3/q+1. The van der Waals surface area contributed by atoms with Gasteiger partial charge in [-0.15, -0.1) is 0 Å². The van der Waals surface area contributed by atoms with E-state index in [9.17, 15) is 0 Å². The second kappa shape index (κ2) is 7.91. The van der Waals surface area contributed by atoms with Gasteiger partial charge in [0.15, 0.2) is 6.20 Å². The third-order valence-corrected chi connectivity index (χ3v) is 6.53. The molecule has 4 rings (SSSR count). The lowest BCUT2D eigenvalue weighted by molar-refractivity contribution is -0.660. The van der Waals surface area contributed by atoms with Crippen LogP contribution in [0.2, 0.25) is 0 Å². The first-order chi connectivity index (χ1) is 13.5. The molecule has 1 saturated carbocycles. The second-order valence-electron chi connectivity index (χ2n) is 8.59. The lowest BCUT2D eigenvalue weighted by Crippen LogP contribution is -2.32. The van der Waals surface area contributed by atoms with Crippen molar-refractivity contribution in [2.24, 2.45) is 7.05 Å². The number of benzene rings is 2. The monoisotopic (exact) mass is 370 g/mol. The molecule has 2 aromatic carbocycles. The lowest BCUT2D eigenvalue weighted by Gasteiger charge is -2.23. The molecule has 0 radical (unpaired) electrons. The van der Waals surface area contributed by atoms with E-state index in [1.807, 2.05) is 0 Å². The molecule has 0 saturated heterocycles. The van der Waals surface area contributed by atoms with Crippen molar-refractivity contribution in [2.75, 3.05) is 0 Å². The highest BCUT2D eigenvalue weighted by Crippen LogP contribution is 2.36. The van der Waals surface area contributed by atoms with Gasteiger partial charge in [0.1, 0.15) is 7.05 Å². The molecule has 1 aliphatic rings. The number of aromatic nitrogens is 1. The van der Waals surface area contributed by atoms with Crippen LogP contribution in [-0.2, 0) is 7.05 Å². The van der Waals surface area contributed by atoms with Gasteiger partial charge in [0.05, 0.1) is 0 Å². The second-order valence-corrected chi connectivity index (χ2v) is 8.59. The van der Waals surface area contributed by atoms with Gasteiger partial charge in [-0.25, -0.2) is 4.57 Å². The summed E-state index contributed by atoms with van der Waals surface area (Å²) in [6.07, 6.45) is 9.18. The number of hydrogen-bond acceptors (Lipinski definition) is 0. The summed E-state index contributed by atoms with van der Waals surface area (Å²) < 4.78 is 2.31. The van der Waals surface area contributed by atoms with Crippen LogP contribution in [0.3, 0.4) is 0 Å². The smallest absolute Gasteiger partial charge is 0.201 e. The van der Waals surface area contributed by atoms with Crippen molar-refractivity contribution in [3.63, 3.8) is 0 Å². The molecule has 1 nitrogen and oxygen atoms in total. The first kappa shape index (κ1) is 18.9. The Balaban J connectivity index is 1.82. The molecule has 0 N–H and O–H groups in total. The molecule has 3 aromatic rings. The number of pyridine rings is 1. The van der Waals surface area contributed by atoms with Gasteiger partial charge in [-0.1, -0.05) is 55.7 Å². The molecule has 1 aromatic heterocycles. The minimum Gasteiger partial charge on any atom is -0.201 e. The van der Waals surface area contributed by atoms with Crippen molar-refractivity contribution in [3.05, 3.63) is 77.0 Å². The third-order valence-electron chi connectivity index (χ3n) is 6.53. The Hall–Kier alpha value is -2.41. The molecular weight excluding hydrogens is 338 g/mol. The van der Waals surface area contributed by atoms with Crippen molar-refractivity contribution < 1.29 is 4.57 Å². The summed E-state index contributed by atoms with van der Waals surface area (Å²) in [4.78, 5) is 0. The molecule has 1 heterocycles. The maximum absolute atomic E-state index is 2.48. The van der Waals surface area contributed by atoms with E-state index in [-0.39, 0.29) is 0 Å². The molecule has 28 heavy (non-hydrogen) atoms. The Morgan fingerprint density at radius 2 is 1.46 bits per heavy atom. The summed E-state index contributed by atoms with van der Waals surface area (Å²) in [5, 5.41) is 0. The maximum Gasteiger partial charge on any atom is 0.212 e. The Kier molecular flexibility index (Phi) is 5.35. The predicted molar refractivity (Wildman–Crippen MR) is 119 cm³/mol. The largest absolute Gasteiger partial charge is 0.212 e. The highest BCUT2D eigenvalue weighted by atomic mass is 14.9. The minimum absolute atomic E-state index is 0.730. The van der Waals surface area contributed by atoms with Crippen LogP contribution in [0.15, 0.2) is 54.7 Å². The van der Waals surface area contributed by atoms with Crippen LogP contribution in [-0.4, -0.2) is 0 Å². The SMILES string of the molecule is Cc1ccccc1-c1ccc(C)c(-c2cc(C3CCCCC3)c(C)c[n+]2C)c1. The number of nitrogens with zero attached hydrogens (tertiary/aromatic N) is 1. The fraction of sp³-hybridized carbons (Fsp3) is 0.370. The predicted octanol–water partition coefficient (Wildman–Crippen LogP) is 6.82. The fourth-order valence-electron chi connectivity index (χ4n) is 4.88. The van der Waals surface area contributed by atoms with Gasteiger partial charge in [0.25, 0.3) is 0 Å². The molecule has 0 amide bonds. The summed E-state index contributed by atoms with van der Waals surface area (Å²) in [7, 11) is 2.19. The van der Waals surface area contributed by atoms with Crippen LogP contribution in [0.25, 0.3) is 22.4 Å². The number of aryl methyl sites for hydroxylation is 4. The lowest BCUT2D eigenvalue weighted by atomic mass is 9.82. The molecule has 144 valence electrons. The van der Waals surface area contributed by atoms with Crippen LogP contribution < -0.4 is 4.57 Å². The Bertz CT molecular complexity index is 993. The van der Waals surface area contributed by atoms with E-state index in [4.69, 9.17) is 0 Å². The molecule has 0 atom stereocenters. The fourth-order valence-corrected chi connectivity index (χ4v) is 4.88. The van der Waals surface area contributed by atoms with Crippen LogP contribution in [0, 0.1) is 20.8 Å². The first-order valence-corrected chi connectivity index (χ1v) is 10.7. The van der Waals surface area contributed by atoms with E-state index in [1.54, 1.807) is 5.56 Å². The molecule has 0 bridgehead atoms. The van der Waals surface area contributed by atoms with Crippen molar-refractivity contribution in [2.45, 2.75) is 58.8 Å². The topological polar surface area (TPSA) is 3.88 Å². The summed E-state index contributed by atoms with van der Waals surface area (Å²) >= 11 is 0. The van der Waals surface area contributed by atoms with Gasteiger partial charge < -0.3 is 0 Å². The van der Waals surface area contributed by atoms with Crippen molar-refractivity contribution in [1.29, 1.82) is 0 Å². The van der Waals surface area contributed by atoms with E-state index in [1.165, 1.54) is 71.2 Å². The maximum atomic E-state index is 2.48. The molecule has 1 aliphatic carbocycles. The van der Waals surface area contributed by atoms with E-state index >= 15 is 0 Å². The molecule has 0 aliphatic heterocycles. The van der Waals surface area contributed by atoms with Crippen LogP contribution in [0.5, 0.6) is 0 Å². The first-order valence-electron chi connectivity index (χ1n) is 10.7. The Labute approximate surface area is 170 Å². The summed E-state index contributed by atoms with van der Waals surface area (Å²) in [6, 6.07) is 18.1. The summed E-state index contributed by atoms with van der Waals surface area (Å²) in [5.41, 5.74) is 11.0. The minimum atomic E-state index is 0.730. The van der Waals surface area contributed by atoms with Gasteiger partial charge in [-0.3, -0.25) is 0 Å². The van der Waals surface area contributed by atoms with Crippen molar-refractivity contribution >= 4 is 0 Å². The zero-order chi connectivity index (χ0) is 19.7. The zero-order valence-corrected chi connectivity index (χ0v) is 17.8. The van der Waals surface area contributed by atoms with E-state index in [2.05, 4.69) is 87.1 Å². The summed E-state index contributed by atoms with van der Waals surface area (Å²) in [5.74, 6) is 0.730. The van der Waals surface area contributed by atoms with Gasteiger partial charge in [0, 0.05) is 17.2 Å². The Morgan fingerprint density at radius 1 is 0.750 bits per heavy atom. The number of rotatable bonds is 3. The normalized spacial score (nSPS) is 15.0. The average Bonchev–Trinajstić information content (AvgIpc) is 2.70. The highest BCUT2D eigenvalue weighted by molar-refractivity contribution is 5.74. The van der Waals surface area contributed by atoms with E-state index in [0.717, 1.165) is 5.92 Å². The summed E-state index contributed by atoms with van der Waals surface area (Å²) in [6.45, 7) is 6.71. The third kappa shape index (κ3) is 3.63. The quantitative estimate of drug-likeness (QED) is 0.445. The van der Waals surface area contributed by atoms with Crippen LogP contribution in [0.1, 0.15) is 60.3 Å². The molecule has 0 spiro atoms. The van der Waals surface area contributed by atoms with Crippen LogP contribution in [0.4, 0.5) is 0 Å². The average molecular weight is 371 g/mol. The van der Waals surface area contributed by atoms with Crippen molar-refractivity contribution in [3.8, 4) is 22.4 Å². The van der Waals surface area contributed by atoms with Crippen molar-refractivity contribution in [1.82, 2.24) is 0 Å². The Morgan fingerprint density at radius 3 is 2.21 bits per heavy atom. The molecule has 1 fully saturated rings. The number of hydrogen-bond donors (Lipinski definition) is 0. The zero-order valence-electron chi connectivity index (χ0n) is 17.8. The molecule has 0 unspecified atom stereocenters. The van der Waals surface area contributed by atoms with E-state index < -0.39 is 0 Å². The van der Waals surface area contributed by atoms with Crippen LogP contribution >= 0.6 is 0 Å². The van der Waals surface area contributed by atoms with Gasteiger partial charge in [0.2, 0.25) is 5.69 Å². The highest BCUT2D eigenvalue weighted by Gasteiger charge is 2.23. The van der Waals surface area contributed by atoms with Gasteiger partial charge in [-0.05, 0) is 73.4 Å². The molecular formula is C27H32N+. The van der Waals surface area contributed by atoms with E-state index in [0.29, 0.717) is 0 Å². The molecule has 1 heteroatoms. The van der Waals surface area contributed by atoms with Gasteiger partial charge in [-0.2, -0.15) is 0 Å².